The highest BCUT2D eigenvalue weighted by Crippen LogP contribution is 2.21. The van der Waals surface area contributed by atoms with Crippen molar-refractivity contribution in [3.05, 3.63) is 30.1 Å². The van der Waals surface area contributed by atoms with Crippen molar-refractivity contribution in [1.29, 1.82) is 0 Å². The Morgan fingerprint density at radius 1 is 1.21 bits per heavy atom. The van der Waals surface area contributed by atoms with E-state index in [0.29, 0.717) is 26.2 Å². The SMILES string of the molecule is O=C(NCCc1ccncc1)C1CCN(C(=O)[C@@H]2CCCO2)CC1. The number of piperidine rings is 1. The molecule has 3 rings (SSSR count). The summed E-state index contributed by atoms with van der Waals surface area (Å²) in [7, 11) is 0. The van der Waals surface area contributed by atoms with E-state index in [1.54, 1.807) is 12.4 Å². The zero-order chi connectivity index (χ0) is 16.8. The van der Waals surface area contributed by atoms with Crippen LogP contribution in [0.15, 0.2) is 24.5 Å². The number of ether oxygens (including phenoxy) is 1. The molecule has 3 heterocycles. The van der Waals surface area contributed by atoms with Gasteiger partial charge in [-0.2, -0.15) is 0 Å². The third-order valence-corrected chi connectivity index (χ3v) is 4.84. The zero-order valence-corrected chi connectivity index (χ0v) is 13.9. The molecule has 6 heteroatoms. The molecular formula is C18H25N3O3. The van der Waals surface area contributed by atoms with E-state index in [1.165, 1.54) is 5.56 Å². The third-order valence-electron chi connectivity index (χ3n) is 4.84. The molecule has 1 aromatic heterocycles. The van der Waals surface area contributed by atoms with E-state index in [4.69, 9.17) is 4.74 Å². The van der Waals surface area contributed by atoms with Crippen molar-refractivity contribution in [2.24, 2.45) is 5.92 Å². The fourth-order valence-electron chi connectivity index (χ4n) is 3.36. The average molecular weight is 331 g/mol. The number of likely N-dealkylation sites (tertiary alicyclic amines) is 1. The number of hydrogen-bond acceptors (Lipinski definition) is 4. The molecule has 1 aromatic rings. The van der Waals surface area contributed by atoms with E-state index in [-0.39, 0.29) is 23.8 Å². The van der Waals surface area contributed by atoms with Gasteiger partial charge in [0.25, 0.3) is 5.91 Å². The van der Waals surface area contributed by atoms with Crippen LogP contribution in [0.2, 0.25) is 0 Å². The van der Waals surface area contributed by atoms with Gasteiger partial charge >= 0.3 is 0 Å². The number of aromatic nitrogens is 1. The van der Waals surface area contributed by atoms with E-state index < -0.39 is 0 Å². The molecule has 1 N–H and O–H groups in total. The normalized spacial score (nSPS) is 21.7. The summed E-state index contributed by atoms with van der Waals surface area (Å²) in [5, 5.41) is 3.01. The van der Waals surface area contributed by atoms with Gasteiger partial charge in [-0.15, -0.1) is 0 Å². The lowest BCUT2D eigenvalue weighted by molar-refractivity contribution is -0.143. The standard InChI is InChI=1S/C18H25N3O3/c22-17(20-10-5-14-3-8-19-9-4-14)15-6-11-21(12-7-15)18(23)16-2-1-13-24-16/h3-4,8-9,15-16H,1-2,5-7,10-13H2,(H,20,22)/t16-/m0/s1. The Bertz CT molecular complexity index is 550. The predicted octanol–water partition coefficient (Wildman–Crippen LogP) is 1.16. The summed E-state index contributed by atoms with van der Waals surface area (Å²) >= 11 is 0. The molecule has 2 amide bonds. The Morgan fingerprint density at radius 3 is 2.62 bits per heavy atom. The number of hydrogen-bond donors (Lipinski definition) is 1. The van der Waals surface area contributed by atoms with E-state index in [0.717, 1.165) is 32.1 Å². The fraction of sp³-hybridized carbons (Fsp3) is 0.611. The maximum Gasteiger partial charge on any atom is 0.251 e. The van der Waals surface area contributed by atoms with Gasteiger partial charge in [0.1, 0.15) is 6.10 Å². The van der Waals surface area contributed by atoms with Gasteiger partial charge in [-0.3, -0.25) is 14.6 Å². The number of nitrogens with zero attached hydrogens (tertiary/aromatic N) is 2. The molecule has 0 saturated carbocycles. The van der Waals surface area contributed by atoms with Crippen LogP contribution in [0.4, 0.5) is 0 Å². The Hall–Kier alpha value is -1.95. The number of carbonyl (C=O) groups excluding carboxylic acids is 2. The second kappa shape index (κ2) is 8.24. The number of pyridine rings is 1. The molecule has 2 aliphatic rings. The van der Waals surface area contributed by atoms with Crippen molar-refractivity contribution in [1.82, 2.24) is 15.2 Å². The second-order valence-electron chi connectivity index (χ2n) is 6.50. The first-order valence-electron chi connectivity index (χ1n) is 8.81. The van der Waals surface area contributed by atoms with E-state index in [2.05, 4.69) is 10.3 Å². The first kappa shape index (κ1) is 16.9. The van der Waals surface area contributed by atoms with Gasteiger partial charge in [-0.05, 0) is 49.8 Å². The van der Waals surface area contributed by atoms with E-state index in [9.17, 15) is 9.59 Å². The molecule has 130 valence electrons. The van der Waals surface area contributed by atoms with Gasteiger partial charge in [-0.1, -0.05) is 0 Å². The molecule has 6 nitrogen and oxygen atoms in total. The van der Waals surface area contributed by atoms with Crippen LogP contribution in [-0.4, -0.2) is 54.0 Å². The minimum atomic E-state index is -0.254. The van der Waals surface area contributed by atoms with Crippen LogP contribution in [0.5, 0.6) is 0 Å². The Balaban J connectivity index is 1.38. The van der Waals surface area contributed by atoms with Gasteiger partial charge in [-0.25, -0.2) is 0 Å². The Kier molecular flexibility index (Phi) is 5.80. The first-order chi connectivity index (χ1) is 11.7. The summed E-state index contributed by atoms with van der Waals surface area (Å²) in [5.41, 5.74) is 1.17. The highest BCUT2D eigenvalue weighted by molar-refractivity contribution is 5.82. The monoisotopic (exact) mass is 331 g/mol. The molecule has 0 aromatic carbocycles. The first-order valence-corrected chi connectivity index (χ1v) is 8.81. The number of carbonyl (C=O) groups is 2. The van der Waals surface area contributed by atoms with Crippen LogP contribution in [0.25, 0.3) is 0 Å². The van der Waals surface area contributed by atoms with Gasteiger partial charge in [0, 0.05) is 44.6 Å². The Labute approximate surface area is 142 Å². The van der Waals surface area contributed by atoms with Crippen molar-refractivity contribution in [3.8, 4) is 0 Å². The number of nitrogens with one attached hydrogen (secondary N) is 1. The number of amides is 2. The highest BCUT2D eigenvalue weighted by Gasteiger charge is 2.32. The topological polar surface area (TPSA) is 71.5 Å². The zero-order valence-electron chi connectivity index (χ0n) is 13.9. The predicted molar refractivity (Wildman–Crippen MR) is 89.2 cm³/mol. The van der Waals surface area contributed by atoms with Gasteiger partial charge in [0.05, 0.1) is 0 Å². The molecule has 0 radical (unpaired) electrons. The Morgan fingerprint density at radius 2 is 1.96 bits per heavy atom. The van der Waals surface area contributed by atoms with Crippen molar-refractivity contribution < 1.29 is 14.3 Å². The lowest BCUT2D eigenvalue weighted by Gasteiger charge is -2.32. The summed E-state index contributed by atoms with van der Waals surface area (Å²) in [4.78, 5) is 30.4. The lowest BCUT2D eigenvalue weighted by Crippen LogP contribution is -2.46. The summed E-state index contributed by atoms with van der Waals surface area (Å²) in [6, 6.07) is 3.92. The molecule has 24 heavy (non-hydrogen) atoms. The smallest absolute Gasteiger partial charge is 0.251 e. The molecular weight excluding hydrogens is 306 g/mol. The van der Waals surface area contributed by atoms with Crippen LogP contribution >= 0.6 is 0 Å². The molecule has 0 bridgehead atoms. The summed E-state index contributed by atoms with van der Waals surface area (Å²) in [6.07, 6.45) is 7.34. The maximum absolute atomic E-state index is 12.3. The second-order valence-corrected chi connectivity index (χ2v) is 6.50. The van der Waals surface area contributed by atoms with Crippen molar-refractivity contribution in [3.63, 3.8) is 0 Å². The lowest BCUT2D eigenvalue weighted by atomic mass is 9.95. The molecule has 0 unspecified atom stereocenters. The minimum Gasteiger partial charge on any atom is -0.368 e. The molecule has 0 spiro atoms. The van der Waals surface area contributed by atoms with Crippen LogP contribution < -0.4 is 5.32 Å². The van der Waals surface area contributed by atoms with Crippen LogP contribution in [0.1, 0.15) is 31.2 Å². The van der Waals surface area contributed by atoms with Crippen LogP contribution in [-0.2, 0) is 20.7 Å². The molecule has 1 atom stereocenters. The van der Waals surface area contributed by atoms with Crippen molar-refractivity contribution in [2.75, 3.05) is 26.2 Å². The molecule has 2 fully saturated rings. The summed E-state index contributed by atoms with van der Waals surface area (Å²) in [6.45, 7) is 2.63. The van der Waals surface area contributed by atoms with Crippen molar-refractivity contribution >= 4 is 11.8 Å². The summed E-state index contributed by atoms with van der Waals surface area (Å²) < 4.78 is 5.46. The quantitative estimate of drug-likeness (QED) is 0.879. The van der Waals surface area contributed by atoms with E-state index >= 15 is 0 Å². The number of rotatable bonds is 5. The van der Waals surface area contributed by atoms with Crippen molar-refractivity contribution in [2.45, 2.75) is 38.2 Å². The summed E-state index contributed by atoms with van der Waals surface area (Å²) in [5.74, 6) is 0.216. The third kappa shape index (κ3) is 4.32. The largest absolute Gasteiger partial charge is 0.368 e. The molecule has 2 saturated heterocycles. The average Bonchev–Trinajstić information content (AvgIpc) is 3.17. The highest BCUT2D eigenvalue weighted by atomic mass is 16.5. The molecule has 0 aliphatic carbocycles. The molecule has 2 aliphatic heterocycles. The van der Waals surface area contributed by atoms with Gasteiger partial charge < -0.3 is 15.0 Å². The maximum atomic E-state index is 12.3. The van der Waals surface area contributed by atoms with Crippen LogP contribution in [0, 0.1) is 5.92 Å². The van der Waals surface area contributed by atoms with Gasteiger partial charge in [0.2, 0.25) is 5.91 Å². The van der Waals surface area contributed by atoms with Crippen LogP contribution in [0.3, 0.4) is 0 Å². The fourth-order valence-corrected chi connectivity index (χ4v) is 3.36. The van der Waals surface area contributed by atoms with E-state index in [1.807, 2.05) is 17.0 Å². The minimum absolute atomic E-state index is 0.0102. The van der Waals surface area contributed by atoms with Gasteiger partial charge in [0.15, 0.2) is 0 Å².